The van der Waals surface area contributed by atoms with Crippen LogP contribution in [0.25, 0.3) is 0 Å². The van der Waals surface area contributed by atoms with E-state index in [1.165, 1.54) is 40.8 Å². The summed E-state index contributed by atoms with van der Waals surface area (Å²) in [6.45, 7) is 0.0277. The van der Waals surface area contributed by atoms with E-state index in [0.717, 1.165) is 0 Å². The van der Waals surface area contributed by atoms with Crippen molar-refractivity contribution >= 4 is 21.9 Å². The number of aromatic hydroxyl groups is 2. The van der Waals surface area contributed by atoms with Crippen molar-refractivity contribution < 1.29 is 33.3 Å². The van der Waals surface area contributed by atoms with Gasteiger partial charge in [-0.3, -0.25) is 9.59 Å². The largest absolute Gasteiger partial charge is 0.508 e. The van der Waals surface area contributed by atoms with Crippen molar-refractivity contribution in [2.24, 2.45) is 0 Å². The predicted molar refractivity (Wildman–Crippen MR) is 109 cm³/mol. The first-order valence-corrected chi connectivity index (χ1v) is 11.1. The molecule has 0 radical (unpaired) electrons. The number of aliphatic carboxylic acids is 1. The number of hydrogen-bond donors (Lipinski definition) is 4. The van der Waals surface area contributed by atoms with Crippen molar-refractivity contribution in [2.75, 3.05) is 19.6 Å². The molecule has 1 aromatic heterocycles. The SMILES string of the molecule is O=C(O)CNC(=O)c1ncc(C2CCCN(S(=O)(=O)c3ccc(O)cc3)CC2)cc1O. The van der Waals surface area contributed by atoms with E-state index in [0.29, 0.717) is 31.4 Å². The van der Waals surface area contributed by atoms with Gasteiger partial charge in [-0.2, -0.15) is 4.31 Å². The van der Waals surface area contributed by atoms with Crippen molar-refractivity contribution in [3.63, 3.8) is 0 Å². The minimum absolute atomic E-state index is 0.0118. The molecule has 31 heavy (non-hydrogen) atoms. The molecule has 10 nitrogen and oxygen atoms in total. The molecule has 4 N–H and O–H groups in total. The molecule has 1 aromatic carbocycles. The van der Waals surface area contributed by atoms with Gasteiger partial charge in [-0.05, 0) is 61.1 Å². The summed E-state index contributed by atoms with van der Waals surface area (Å²) >= 11 is 0. The number of phenols is 1. The van der Waals surface area contributed by atoms with Gasteiger partial charge in [0.15, 0.2) is 5.69 Å². The van der Waals surface area contributed by atoms with Crippen LogP contribution < -0.4 is 5.32 Å². The summed E-state index contributed by atoms with van der Waals surface area (Å²) in [5, 5.41) is 30.3. The van der Waals surface area contributed by atoms with E-state index in [1.54, 1.807) is 0 Å². The molecule has 166 valence electrons. The number of carboxylic acids is 1. The number of carbonyl (C=O) groups is 2. The molecule has 1 fully saturated rings. The van der Waals surface area contributed by atoms with Gasteiger partial charge in [0.2, 0.25) is 10.0 Å². The summed E-state index contributed by atoms with van der Waals surface area (Å²) in [5.74, 6) is -2.44. The summed E-state index contributed by atoms with van der Waals surface area (Å²) in [6, 6.07) is 6.80. The van der Waals surface area contributed by atoms with Crippen molar-refractivity contribution in [2.45, 2.75) is 30.1 Å². The zero-order valence-electron chi connectivity index (χ0n) is 16.6. The average molecular weight is 449 g/mol. The zero-order chi connectivity index (χ0) is 22.6. The molecule has 2 aromatic rings. The second-order valence-corrected chi connectivity index (χ2v) is 9.18. The molecular formula is C20H23N3O7S. The van der Waals surface area contributed by atoms with Crippen molar-refractivity contribution in [3.05, 3.63) is 47.8 Å². The highest BCUT2D eigenvalue weighted by Gasteiger charge is 2.28. The van der Waals surface area contributed by atoms with Crippen LogP contribution in [0.1, 0.15) is 41.2 Å². The van der Waals surface area contributed by atoms with E-state index in [9.17, 15) is 28.2 Å². The lowest BCUT2D eigenvalue weighted by molar-refractivity contribution is -0.135. The van der Waals surface area contributed by atoms with Crippen LogP contribution in [0.2, 0.25) is 0 Å². The summed E-state index contributed by atoms with van der Waals surface area (Å²) in [5.41, 5.74) is 0.409. The normalized spacial score (nSPS) is 17.6. The molecule has 11 heteroatoms. The number of pyridine rings is 1. The van der Waals surface area contributed by atoms with Gasteiger partial charge in [0, 0.05) is 19.3 Å². The van der Waals surface area contributed by atoms with Gasteiger partial charge in [-0.1, -0.05) is 0 Å². The summed E-state index contributed by atoms with van der Waals surface area (Å²) < 4.78 is 27.2. The number of nitrogens with one attached hydrogen (secondary N) is 1. The van der Waals surface area contributed by atoms with Crippen LogP contribution in [-0.4, -0.2) is 64.5 Å². The minimum Gasteiger partial charge on any atom is -0.508 e. The van der Waals surface area contributed by atoms with Crippen molar-refractivity contribution in [1.82, 2.24) is 14.6 Å². The Morgan fingerprint density at radius 3 is 2.48 bits per heavy atom. The molecule has 0 aliphatic carbocycles. The minimum atomic E-state index is -3.69. The maximum atomic E-state index is 12.9. The van der Waals surface area contributed by atoms with Gasteiger partial charge in [-0.25, -0.2) is 13.4 Å². The number of phenolic OH excluding ortho intramolecular Hbond substituents is 1. The van der Waals surface area contributed by atoms with Gasteiger partial charge in [0.1, 0.15) is 18.0 Å². The summed E-state index contributed by atoms with van der Waals surface area (Å²) in [7, 11) is -3.69. The van der Waals surface area contributed by atoms with E-state index in [4.69, 9.17) is 5.11 Å². The lowest BCUT2D eigenvalue weighted by atomic mass is 9.93. The Bertz CT molecular complexity index is 1070. The first-order valence-electron chi connectivity index (χ1n) is 9.66. The van der Waals surface area contributed by atoms with Crippen LogP contribution in [0.4, 0.5) is 0 Å². The van der Waals surface area contributed by atoms with Crippen LogP contribution in [0.5, 0.6) is 11.5 Å². The van der Waals surface area contributed by atoms with Crippen molar-refractivity contribution in [1.29, 1.82) is 0 Å². The van der Waals surface area contributed by atoms with Crippen LogP contribution in [0, 0.1) is 0 Å². The summed E-state index contributed by atoms with van der Waals surface area (Å²) in [4.78, 5) is 26.6. The number of benzene rings is 1. The number of hydrogen-bond acceptors (Lipinski definition) is 7. The van der Waals surface area contributed by atoms with Crippen LogP contribution >= 0.6 is 0 Å². The van der Waals surface area contributed by atoms with Crippen molar-refractivity contribution in [3.8, 4) is 11.5 Å². The third-order valence-electron chi connectivity index (χ3n) is 5.14. The smallest absolute Gasteiger partial charge is 0.322 e. The second-order valence-electron chi connectivity index (χ2n) is 7.24. The molecule has 1 aliphatic rings. The Morgan fingerprint density at radius 2 is 1.84 bits per heavy atom. The lowest BCUT2D eigenvalue weighted by Crippen LogP contribution is -2.32. The Hall–Kier alpha value is -3.18. The highest BCUT2D eigenvalue weighted by atomic mass is 32.2. The number of aromatic nitrogens is 1. The number of rotatable bonds is 6. The quantitative estimate of drug-likeness (QED) is 0.513. The molecule has 1 unspecified atom stereocenters. The molecule has 1 amide bonds. The van der Waals surface area contributed by atoms with Gasteiger partial charge < -0.3 is 20.6 Å². The van der Waals surface area contributed by atoms with Gasteiger partial charge in [0.05, 0.1) is 4.90 Å². The fourth-order valence-corrected chi connectivity index (χ4v) is 5.01. The fourth-order valence-electron chi connectivity index (χ4n) is 3.52. The highest BCUT2D eigenvalue weighted by Crippen LogP contribution is 2.32. The van der Waals surface area contributed by atoms with Crippen LogP contribution in [0.15, 0.2) is 41.4 Å². The Balaban J connectivity index is 1.70. The Morgan fingerprint density at radius 1 is 1.13 bits per heavy atom. The van der Waals surface area contributed by atoms with E-state index in [2.05, 4.69) is 10.3 Å². The Labute approximate surface area is 179 Å². The number of carbonyl (C=O) groups excluding carboxylic acids is 1. The average Bonchev–Trinajstić information content (AvgIpc) is 2.99. The lowest BCUT2D eigenvalue weighted by Gasteiger charge is -2.20. The third kappa shape index (κ3) is 5.30. The molecule has 3 rings (SSSR count). The molecular weight excluding hydrogens is 426 g/mol. The van der Waals surface area contributed by atoms with E-state index < -0.39 is 28.4 Å². The van der Waals surface area contributed by atoms with E-state index >= 15 is 0 Å². The van der Waals surface area contributed by atoms with E-state index in [1.807, 2.05) is 0 Å². The fraction of sp³-hybridized carbons (Fsp3) is 0.350. The maximum absolute atomic E-state index is 12.9. The third-order valence-corrected chi connectivity index (χ3v) is 7.05. The number of amides is 1. The zero-order valence-corrected chi connectivity index (χ0v) is 17.4. The predicted octanol–water partition coefficient (Wildman–Crippen LogP) is 1.27. The summed E-state index contributed by atoms with van der Waals surface area (Å²) in [6.07, 6.45) is 3.23. The molecule has 1 saturated heterocycles. The topological polar surface area (TPSA) is 157 Å². The second kappa shape index (κ2) is 9.31. The Kier molecular flexibility index (Phi) is 6.76. The number of nitrogens with zero attached hydrogens (tertiary/aromatic N) is 2. The molecule has 0 spiro atoms. The number of carboxylic acid groups (broad SMARTS) is 1. The molecule has 0 saturated carbocycles. The molecule has 0 bridgehead atoms. The number of sulfonamides is 1. The monoisotopic (exact) mass is 449 g/mol. The van der Waals surface area contributed by atoms with E-state index in [-0.39, 0.29) is 34.6 Å². The highest BCUT2D eigenvalue weighted by molar-refractivity contribution is 7.89. The van der Waals surface area contributed by atoms with Gasteiger partial charge in [-0.15, -0.1) is 0 Å². The van der Waals surface area contributed by atoms with Crippen LogP contribution in [0.3, 0.4) is 0 Å². The van der Waals surface area contributed by atoms with Crippen LogP contribution in [-0.2, 0) is 14.8 Å². The first-order chi connectivity index (χ1) is 14.7. The molecule has 2 heterocycles. The molecule has 1 atom stereocenters. The van der Waals surface area contributed by atoms with Gasteiger partial charge >= 0.3 is 5.97 Å². The molecule has 1 aliphatic heterocycles. The standard InChI is InChI=1S/C20H23N3O7S/c24-15-3-5-16(6-4-15)31(29,30)23-8-1-2-13(7-9-23)14-10-17(25)19(21-11-14)20(28)22-12-18(26)27/h3-6,10-11,13,24-25H,1-2,7-9,12H2,(H,22,28)(H,26,27). The maximum Gasteiger partial charge on any atom is 0.322 e. The van der Waals surface area contributed by atoms with Gasteiger partial charge in [0.25, 0.3) is 5.91 Å². The first kappa shape index (κ1) is 22.5.